The van der Waals surface area contributed by atoms with Crippen molar-refractivity contribution in [1.29, 1.82) is 0 Å². The summed E-state index contributed by atoms with van der Waals surface area (Å²) in [6.07, 6.45) is 0. The third-order valence-electron chi connectivity index (χ3n) is 3.56. The molecule has 3 N–H and O–H groups in total. The molecule has 3 aromatic rings. The summed E-state index contributed by atoms with van der Waals surface area (Å²) in [6.45, 7) is 0. The van der Waals surface area contributed by atoms with Crippen molar-refractivity contribution in [3.05, 3.63) is 63.4 Å². The van der Waals surface area contributed by atoms with Gasteiger partial charge in [-0.1, -0.05) is 24.3 Å². The van der Waals surface area contributed by atoms with E-state index in [4.69, 9.17) is 9.79 Å². The Hall–Kier alpha value is -1.64. The number of thiophene rings is 1. The van der Waals surface area contributed by atoms with Gasteiger partial charge in [-0.25, -0.2) is 0 Å². The van der Waals surface area contributed by atoms with E-state index in [0.29, 0.717) is 32.7 Å². The standard InChI is InChI=1S/C16H11BrF2NO4PS/c17-13-11-7-6-10(20-15(21)9-4-2-1-3-5-9)8-12(11)26-14(13)16(18,19)25(22,23)24/h1-8H,(H,20,21)(H2,22,23,24). The van der Waals surface area contributed by atoms with Gasteiger partial charge in [0.25, 0.3) is 5.91 Å². The average Bonchev–Trinajstić information content (AvgIpc) is 2.91. The molecule has 0 saturated carbocycles. The number of rotatable bonds is 4. The van der Waals surface area contributed by atoms with Crippen LogP contribution in [0.3, 0.4) is 0 Å². The van der Waals surface area contributed by atoms with Gasteiger partial charge in [-0.3, -0.25) is 9.36 Å². The van der Waals surface area contributed by atoms with Gasteiger partial charge in [0.2, 0.25) is 0 Å². The molecule has 0 bridgehead atoms. The van der Waals surface area contributed by atoms with Gasteiger partial charge in [-0.2, -0.15) is 8.78 Å². The van der Waals surface area contributed by atoms with E-state index in [1.807, 2.05) is 0 Å². The first kappa shape index (κ1) is 19.1. The first-order valence-electron chi connectivity index (χ1n) is 7.13. The zero-order valence-electron chi connectivity index (χ0n) is 12.8. The lowest BCUT2D eigenvalue weighted by Crippen LogP contribution is -2.12. The third-order valence-corrected chi connectivity index (χ3v) is 6.98. The number of benzene rings is 2. The van der Waals surface area contributed by atoms with Crippen LogP contribution in [-0.4, -0.2) is 15.7 Å². The minimum Gasteiger partial charge on any atom is -0.322 e. The summed E-state index contributed by atoms with van der Waals surface area (Å²) in [4.78, 5) is 29.3. The summed E-state index contributed by atoms with van der Waals surface area (Å²) in [6, 6.07) is 13.0. The van der Waals surface area contributed by atoms with Crippen LogP contribution in [0.5, 0.6) is 0 Å². The molecule has 0 atom stereocenters. The lowest BCUT2D eigenvalue weighted by Gasteiger charge is -2.16. The first-order chi connectivity index (χ1) is 12.1. The van der Waals surface area contributed by atoms with E-state index in [2.05, 4.69) is 21.2 Å². The fourth-order valence-corrected chi connectivity index (χ4v) is 5.26. The molecule has 2 aromatic carbocycles. The number of hydrogen-bond acceptors (Lipinski definition) is 3. The van der Waals surface area contributed by atoms with E-state index in [1.54, 1.807) is 30.3 Å². The van der Waals surface area contributed by atoms with Crippen molar-refractivity contribution in [2.45, 2.75) is 5.66 Å². The molecular formula is C16H11BrF2NO4PS. The van der Waals surface area contributed by atoms with Crippen LogP contribution < -0.4 is 5.32 Å². The molecule has 10 heteroatoms. The Morgan fingerprint density at radius 2 is 1.81 bits per heavy atom. The van der Waals surface area contributed by atoms with Crippen molar-refractivity contribution in [1.82, 2.24) is 0 Å². The zero-order chi connectivity index (χ0) is 19.1. The molecule has 5 nitrogen and oxygen atoms in total. The molecule has 0 saturated heterocycles. The minimum absolute atomic E-state index is 0.0771. The highest BCUT2D eigenvalue weighted by molar-refractivity contribution is 9.10. The van der Waals surface area contributed by atoms with Crippen molar-refractivity contribution >= 4 is 56.5 Å². The van der Waals surface area contributed by atoms with E-state index in [-0.39, 0.29) is 10.4 Å². The number of carbonyl (C=O) groups excluding carboxylic acids is 1. The Labute approximate surface area is 159 Å². The Kier molecular flexibility index (Phi) is 5.02. The van der Waals surface area contributed by atoms with Crippen LogP contribution in [0.25, 0.3) is 10.1 Å². The minimum atomic E-state index is -5.67. The summed E-state index contributed by atoms with van der Waals surface area (Å²) in [5.41, 5.74) is -3.48. The van der Waals surface area contributed by atoms with Gasteiger partial charge < -0.3 is 15.1 Å². The monoisotopic (exact) mass is 461 g/mol. The van der Waals surface area contributed by atoms with Gasteiger partial charge in [-0.15, -0.1) is 11.3 Å². The molecule has 0 spiro atoms. The van der Waals surface area contributed by atoms with Crippen LogP contribution in [0.15, 0.2) is 53.0 Å². The second-order valence-electron chi connectivity index (χ2n) is 5.36. The van der Waals surface area contributed by atoms with Crippen molar-refractivity contribution in [2.75, 3.05) is 5.32 Å². The maximum absolute atomic E-state index is 14.0. The lowest BCUT2D eigenvalue weighted by atomic mass is 10.2. The quantitative estimate of drug-likeness (QED) is 0.469. The molecular weight excluding hydrogens is 451 g/mol. The van der Waals surface area contributed by atoms with Crippen LogP contribution in [0.2, 0.25) is 0 Å². The summed E-state index contributed by atoms with van der Waals surface area (Å²) >= 11 is 3.55. The van der Waals surface area contributed by atoms with Crippen LogP contribution in [0.4, 0.5) is 14.5 Å². The molecule has 0 aliphatic carbocycles. The summed E-state index contributed by atoms with van der Waals surface area (Å²) in [5.74, 6) is -0.360. The molecule has 136 valence electrons. The lowest BCUT2D eigenvalue weighted by molar-refractivity contribution is 0.0595. The number of hydrogen-bond donors (Lipinski definition) is 3. The zero-order valence-corrected chi connectivity index (χ0v) is 16.1. The predicted molar refractivity (Wildman–Crippen MR) is 99.9 cm³/mol. The fraction of sp³-hybridized carbons (Fsp3) is 0.0625. The Morgan fingerprint density at radius 3 is 2.42 bits per heavy atom. The SMILES string of the molecule is O=C(Nc1ccc2c(Br)c(C(F)(F)P(=O)(O)O)sc2c1)c1ccccc1. The van der Waals surface area contributed by atoms with Gasteiger partial charge in [0, 0.05) is 25.8 Å². The molecule has 3 rings (SSSR count). The van der Waals surface area contributed by atoms with Crippen molar-refractivity contribution in [2.24, 2.45) is 0 Å². The highest BCUT2D eigenvalue weighted by atomic mass is 79.9. The average molecular weight is 462 g/mol. The third kappa shape index (κ3) is 3.45. The fourth-order valence-electron chi connectivity index (χ4n) is 2.26. The van der Waals surface area contributed by atoms with Crippen molar-refractivity contribution in [3.63, 3.8) is 0 Å². The number of anilines is 1. The Balaban J connectivity index is 1.98. The number of fused-ring (bicyclic) bond motifs is 1. The number of nitrogens with one attached hydrogen (secondary N) is 1. The van der Waals surface area contributed by atoms with Crippen LogP contribution in [0.1, 0.15) is 15.2 Å². The second kappa shape index (κ2) is 6.83. The summed E-state index contributed by atoms with van der Waals surface area (Å²) in [7, 11) is -5.67. The highest BCUT2D eigenvalue weighted by Gasteiger charge is 2.53. The Bertz CT molecular complexity index is 1040. The molecule has 0 radical (unpaired) electrons. The van der Waals surface area contributed by atoms with Gasteiger partial charge in [0.15, 0.2) is 0 Å². The topological polar surface area (TPSA) is 86.6 Å². The maximum atomic E-state index is 14.0. The normalized spacial score (nSPS) is 12.3. The molecule has 1 aromatic heterocycles. The van der Waals surface area contributed by atoms with Gasteiger partial charge in [0.1, 0.15) is 4.88 Å². The molecule has 0 fully saturated rings. The molecule has 26 heavy (non-hydrogen) atoms. The highest BCUT2D eigenvalue weighted by Crippen LogP contribution is 2.62. The molecule has 1 heterocycles. The molecule has 0 aliphatic rings. The first-order valence-corrected chi connectivity index (χ1v) is 10.4. The van der Waals surface area contributed by atoms with Crippen LogP contribution in [0, 0.1) is 0 Å². The van der Waals surface area contributed by atoms with Crippen LogP contribution in [-0.2, 0) is 10.2 Å². The van der Waals surface area contributed by atoms with Crippen LogP contribution >= 0.6 is 34.9 Å². The van der Waals surface area contributed by atoms with E-state index in [1.165, 1.54) is 18.2 Å². The maximum Gasteiger partial charge on any atom is 0.400 e. The summed E-state index contributed by atoms with van der Waals surface area (Å²) in [5, 5.41) is 3.03. The van der Waals surface area contributed by atoms with E-state index >= 15 is 0 Å². The van der Waals surface area contributed by atoms with Gasteiger partial charge in [-0.05, 0) is 40.2 Å². The van der Waals surface area contributed by atoms with Gasteiger partial charge >= 0.3 is 13.3 Å². The number of amides is 1. The number of halogens is 3. The summed E-state index contributed by atoms with van der Waals surface area (Å²) < 4.78 is 39.5. The number of carbonyl (C=O) groups is 1. The smallest absolute Gasteiger partial charge is 0.322 e. The van der Waals surface area contributed by atoms with E-state index < -0.39 is 18.1 Å². The van der Waals surface area contributed by atoms with E-state index in [0.717, 1.165) is 0 Å². The largest absolute Gasteiger partial charge is 0.400 e. The van der Waals surface area contributed by atoms with E-state index in [9.17, 15) is 18.1 Å². The van der Waals surface area contributed by atoms with Crippen molar-refractivity contribution < 1.29 is 27.9 Å². The molecule has 1 amide bonds. The Morgan fingerprint density at radius 1 is 1.15 bits per heavy atom. The second-order valence-corrected chi connectivity index (χ2v) is 8.86. The predicted octanol–water partition coefficient (Wildman–Crippen LogP) is 5.14. The van der Waals surface area contributed by atoms with Gasteiger partial charge in [0.05, 0.1) is 0 Å². The molecule has 0 unspecified atom stereocenters. The molecule has 0 aliphatic heterocycles. The van der Waals surface area contributed by atoms with Crippen molar-refractivity contribution in [3.8, 4) is 0 Å². The number of alkyl halides is 2.